The van der Waals surface area contributed by atoms with Crippen molar-refractivity contribution in [3.8, 4) is 0 Å². The molecule has 6 nitrogen and oxygen atoms in total. The molecule has 2 N–H and O–H groups in total. The first-order valence-corrected chi connectivity index (χ1v) is 6.61. The zero-order chi connectivity index (χ0) is 14.5. The second kappa shape index (κ2) is 6.75. The van der Waals surface area contributed by atoms with Crippen LogP contribution in [0.15, 0.2) is 0 Å². The van der Waals surface area contributed by atoms with Gasteiger partial charge in [-0.3, -0.25) is 4.79 Å². The number of methoxy groups -OCH3 is 1. The van der Waals surface area contributed by atoms with Crippen molar-refractivity contribution in [1.82, 2.24) is 10.6 Å². The van der Waals surface area contributed by atoms with Crippen LogP contribution in [-0.2, 0) is 14.3 Å². The summed E-state index contributed by atoms with van der Waals surface area (Å²) in [4.78, 5) is 23.5. The van der Waals surface area contributed by atoms with E-state index in [1.807, 2.05) is 0 Å². The van der Waals surface area contributed by atoms with E-state index in [1.54, 1.807) is 20.8 Å². The number of hydrogen-bond donors (Lipinski definition) is 2. The number of rotatable bonds is 2. The first kappa shape index (κ1) is 15.8. The van der Waals surface area contributed by atoms with E-state index in [-0.39, 0.29) is 17.9 Å². The number of esters is 1. The van der Waals surface area contributed by atoms with Gasteiger partial charge in [-0.15, -0.1) is 0 Å². The lowest BCUT2D eigenvalue weighted by Gasteiger charge is -2.26. The first-order valence-electron chi connectivity index (χ1n) is 6.61. The standard InChI is InChI=1S/C13H24N2O4/c1-13(2,3)19-12(17)15-10-6-8-14-7-5-9(10)11(16)18-4/h9-10,14H,5-8H2,1-4H3,(H,15,17). The molecule has 0 saturated carbocycles. The van der Waals surface area contributed by atoms with Crippen molar-refractivity contribution < 1.29 is 19.1 Å². The Morgan fingerprint density at radius 1 is 1.21 bits per heavy atom. The van der Waals surface area contributed by atoms with Crippen LogP contribution in [-0.4, -0.2) is 43.9 Å². The van der Waals surface area contributed by atoms with Crippen LogP contribution < -0.4 is 10.6 Å². The van der Waals surface area contributed by atoms with Gasteiger partial charge in [0, 0.05) is 6.04 Å². The third-order valence-corrected chi connectivity index (χ3v) is 2.96. The van der Waals surface area contributed by atoms with Gasteiger partial charge in [-0.2, -0.15) is 0 Å². The molecule has 0 aliphatic carbocycles. The Hall–Kier alpha value is -1.30. The lowest BCUT2D eigenvalue weighted by atomic mass is 9.95. The maximum absolute atomic E-state index is 11.8. The third kappa shape index (κ3) is 5.46. The summed E-state index contributed by atoms with van der Waals surface area (Å²) in [6, 6.07) is -0.253. The number of ether oxygens (including phenoxy) is 2. The van der Waals surface area contributed by atoms with Gasteiger partial charge in [-0.25, -0.2) is 4.79 Å². The molecule has 1 heterocycles. The minimum absolute atomic E-state index is 0.253. The van der Waals surface area contributed by atoms with E-state index in [9.17, 15) is 9.59 Å². The largest absolute Gasteiger partial charge is 0.469 e. The molecule has 6 heteroatoms. The number of carbonyl (C=O) groups is 2. The number of carbonyl (C=O) groups excluding carboxylic acids is 2. The molecular formula is C13H24N2O4. The molecule has 0 radical (unpaired) electrons. The highest BCUT2D eigenvalue weighted by Gasteiger charge is 2.32. The van der Waals surface area contributed by atoms with Crippen LogP contribution in [0.3, 0.4) is 0 Å². The van der Waals surface area contributed by atoms with Gasteiger partial charge < -0.3 is 20.1 Å². The molecule has 1 fully saturated rings. The predicted molar refractivity (Wildman–Crippen MR) is 70.8 cm³/mol. The summed E-state index contributed by atoms with van der Waals surface area (Å²) >= 11 is 0. The zero-order valence-corrected chi connectivity index (χ0v) is 12.1. The highest BCUT2D eigenvalue weighted by atomic mass is 16.6. The van der Waals surface area contributed by atoms with Crippen LogP contribution in [0.25, 0.3) is 0 Å². The van der Waals surface area contributed by atoms with Crippen molar-refractivity contribution in [1.29, 1.82) is 0 Å². The summed E-state index contributed by atoms with van der Waals surface area (Å²) in [5, 5.41) is 5.99. The Balaban J connectivity index is 2.65. The molecule has 19 heavy (non-hydrogen) atoms. The predicted octanol–water partition coefficient (Wildman–Crippen LogP) is 1.05. The highest BCUT2D eigenvalue weighted by molar-refractivity contribution is 5.75. The van der Waals surface area contributed by atoms with Gasteiger partial charge in [0.25, 0.3) is 0 Å². The second-order valence-electron chi connectivity index (χ2n) is 5.71. The number of nitrogens with one attached hydrogen (secondary N) is 2. The number of amides is 1. The third-order valence-electron chi connectivity index (χ3n) is 2.96. The van der Waals surface area contributed by atoms with Gasteiger partial charge in [-0.1, -0.05) is 0 Å². The average molecular weight is 272 g/mol. The van der Waals surface area contributed by atoms with Crippen LogP contribution in [0.4, 0.5) is 4.79 Å². The van der Waals surface area contributed by atoms with E-state index in [4.69, 9.17) is 9.47 Å². The smallest absolute Gasteiger partial charge is 0.407 e. The quantitative estimate of drug-likeness (QED) is 0.735. The van der Waals surface area contributed by atoms with E-state index >= 15 is 0 Å². The van der Waals surface area contributed by atoms with E-state index in [1.165, 1.54) is 7.11 Å². The molecule has 2 atom stereocenters. The lowest BCUT2D eigenvalue weighted by Crippen LogP contribution is -2.45. The summed E-state index contributed by atoms with van der Waals surface area (Å²) < 4.78 is 10.0. The van der Waals surface area contributed by atoms with E-state index in [2.05, 4.69) is 10.6 Å². The van der Waals surface area contributed by atoms with Crippen LogP contribution in [0, 0.1) is 5.92 Å². The normalized spacial score (nSPS) is 24.2. The second-order valence-corrected chi connectivity index (χ2v) is 5.71. The molecule has 1 saturated heterocycles. The van der Waals surface area contributed by atoms with E-state index in [0.717, 1.165) is 13.1 Å². The SMILES string of the molecule is COC(=O)C1CCNCCC1NC(=O)OC(C)(C)C. The summed E-state index contributed by atoms with van der Waals surface area (Å²) in [6.45, 7) is 6.91. The van der Waals surface area contributed by atoms with Gasteiger partial charge >= 0.3 is 12.1 Å². The van der Waals surface area contributed by atoms with Gasteiger partial charge in [-0.05, 0) is 46.7 Å². The molecule has 0 aromatic heterocycles. The molecule has 110 valence electrons. The van der Waals surface area contributed by atoms with Crippen molar-refractivity contribution >= 4 is 12.1 Å². The molecule has 2 unspecified atom stereocenters. The molecule has 0 aromatic carbocycles. The van der Waals surface area contributed by atoms with Crippen molar-refractivity contribution in [3.05, 3.63) is 0 Å². The molecule has 0 spiro atoms. The van der Waals surface area contributed by atoms with Crippen molar-refractivity contribution in [2.24, 2.45) is 5.92 Å². The average Bonchev–Trinajstić information content (AvgIpc) is 2.51. The molecule has 1 rings (SSSR count). The monoisotopic (exact) mass is 272 g/mol. The summed E-state index contributed by atoms with van der Waals surface area (Å²) in [7, 11) is 1.37. The molecule has 0 aromatic rings. The Kier molecular flexibility index (Phi) is 5.60. The van der Waals surface area contributed by atoms with Crippen LogP contribution in [0.1, 0.15) is 33.6 Å². The highest BCUT2D eigenvalue weighted by Crippen LogP contribution is 2.17. The fraction of sp³-hybridized carbons (Fsp3) is 0.846. The van der Waals surface area contributed by atoms with Crippen LogP contribution >= 0.6 is 0 Å². The molecule has 1 aliphatic heterocycles. The van der Waals surface area contributed by atoms with Crippen LogP contribution in [0.5, 0.6) is 0 Å². The van der Waals surface area contributed by atoms with Gasteiger partial charge in [0.2, 0.25) is 0 Å². The minimum atomic E-state index is -0.548. The van der Waals surface area contributed by atoms with Crippen molar-refractivity contribution in [3.63, 3.8) is 0 Å². The number of hydrogen-bond acceptors (Lipinski definition) is 5. The van der Waals surface area contributed by atoms with Crippen molar-refractivity contribution in [2.75, 3.05) is 20.2 Å². The summed E-state index contributed by atoms with van der Waals surface area (Å²) in [5.41, 5.74) is -0.548. The first-order chi connectivity index (χ1) is 8.83. The summed E-state index contributed by atoms with van der Waals surface area (Å²) in [5.74, 6) is -0.614. The molecular weight excluding hydrogens is 248 g/mol. The van der Waals surface area contributed by atoms with Crippen LogP contribution in [0.2, 0.25) is 0 Å². The molecule has 1 amide bonds. The van der Waals surface area contributed by atoms with Gasteiger partial charge in [0.15, 0.2) is 0 Å². The zero-order valence-electron chi connectivity index (χ0n) is 12.1. The molecule has 1 aliphatic rings. The molecule has 0 bridgehead atoms. The maximum atomic E-state index is 11.8. The van der Waals surface area contributed by atoms with E-state index in [0.29, 0.717) is 12.8 Å². The van der Waals surface area contributed by atoms with E-state index < -0.39 is 11.7 Å². The maximum Gasteiger partial charge on any atom is 0.407 e. The fourth-order valence-corrected chi connectivity index (χ4v) is 2.11. The Morgan fingerprint density at radius 3 is 2.42 bits per heavy atom. The van der Waals surface area contributed by atoms with Gasteiger partial charge in [0.05, 0.1) is 13.0 Å². The Morgan fingerprint density at radius 2 is 1.84 bits per heavy atom. The summed E-state index contributed by atoms with van der Waals surface area (Å²) in [6.07, 6.45) is 0.833. The van der Waals surface area contributed by atoms with Gasteiger partial charge in [0.1, 0.15) is 5.60 Å². The Labute approximate surface area is 114 Å². The topological polar surface area (TPSA) is 76.7 Å². The fourth-order valence-electron chi connectivity index (χ4n) is 2.11. The van der Waals surface area contributed by atoms with Crippen molar-refractivity contribution in [2.45, 2.75) is 45.3 Å². The Bertz CT molecular complexity index is 325. The lowest BCUT2D eigenvalue weighted by molar-refractivity contribution is -0.146. The number of alkyl carbamates (subject to hydrolysis) is 1. The minimum Gasteiger partial charge on any atom is -0.469 e.